The van der Waals surface area contributed by atoms with E-state index < -0.39 is 5.82 Å². The van der Waals surface area contributed by atoms with E-state index in [2.05, 4.69) is 5.10 Å². The molecule has 10 heteroatoms. The number of amides is 2. The number of benzene rings is 1. The van der Waals surface area contributed by atoms with Crippen LogP contribution in [0.5, 0.6) is 5.75 Å². The van der Waals surface area contributed by atoms with Crippen LogP contribution in [-0.2, 0) is 28.9 Å². The molecule has 194 valence electrons. The van der Waals surface area contributed by atoms with Crippen LogP contribution in [0.15, 0.2) is 18.2 Å². The van der Waals surface area contributed by atoms with Gasteiger partial charge in [-0.1, -0.05) is 6.07 Å². The van der Waals surface area contributed by atoms with E-state index in [0.717, 1.165) is 30.5 Å². The van der Waals surface area contributed by atoms with Crippen LogP contribution in [0.4, 0.5) is 10.1 Å². The van der Waals surface area contributed by atoms with Crippen LogP contribution in [-0.4, -0.2) is 90.0 Å². The molecule has 2 amide bonds. The molecule has 0 saturated carbocycles. The molecule has 0 radical (unpaired) electrons. The Labute approximate surface area is 210 Å². The minimum atomic E-state index is -0.396. The third kappa shape index (κ3) is 4.66. The number of carbonyl (C=O) groups excluding carboxylic acids is 2. The lowest BCUT2D eigenvalue weighted by Crippen LogP contribution is -2.50. The Morgan fingerprint density at radius 1 is 1.08 bits per heavy atom. The van der Waals surface area contributed by atoms with Crippen LogP contribution < -0.4 is 9.64 Å². The van der Waals surface area contributed by atoms with Gasteiger partial charge >= 0.3 is 0 Å². The second-order valence-corrected chi connectivity index (χ2v) is 9.91. The number of piperazine rings is 1. The van der Waals surface area contributed by atoms with Gasteiger partial charge in [0.25, 0.3) is 5.91 Å². The zero-order valence-corrected chi connectivity index (χ0v) is 21.2. The summed E-state index contributed by atoms with van der Waals surface area (Å²) in [5.74, 6) is -0.261. The largest absolute Gasteiger partial charge is 0.492 e. The van der Waals surface area contributed by atoms with Gasteiger partial charge in [-0.2, -0.15) is 5.10 Å². The molecule has 5 rings (SSSR count). The van der Waals surface area contributed by atoms with Crippen LogP contribution in [0.2, 0.25) is 0 Å². The monoisotopic (exact) mass is 499 g/mol. The molecule has 36 heavy (non-hydrogen) atoms. The van der Waals surface area contributed by atoms with Gasteiger partial charge in [0.2, 0.25) is 5.91 Å². The van der Waals surface area contributed by atoms with E-state index in [4.69, 9.17) is 9.47 Å². The number of nitrogens with zero attached hydrogens (tertiary/aromatic N) is 5. The number of morpholine rings is 1. The fourth-order valence-electron chi connectivity index (χ4n) is 5.68. The second-order valence-electron chi connectivity index (χ2n) is 9.91. The number of fused-ring (bicyclic) bond motifs is 1. The molecule has 9 nitrogen and oxygen atoms in total. The smallest absolute Gasteiger partial charge is 0.274 e. The molecule has 0 unspecified atom stereocenters. The predicted octanol–water partition coefficient (Wildman–Crippen LogP) is 2.12. The first-order valence-corrected chi connectivity index (χ1v) is 12.7. The molecule has 2 atom stereocenters. The molecule has 2 aliphatic heterocycles. The highest BCUT2D eigenvalue weighted by molar-refractivity contribution is 5.94. The number of ether oxygens (including phenoxy) is 2. The van der Waals surface area contributed by atoms with Crippen molar-refractivity contribution < 1.29 is 23.5 Å². The summed E-state index contributed by atoms with van der Waals surface area (Å²) < 4.78 is 26.9. The van der Waals surface area contributed by atoms with Crippen molar-refractivity contribution in [3.63, 3.8) is 0 Å². The summed E-state index contributed by atoms with van der Waals surface area (Å²) in [4.78, 5) is 32.2. The Morgan fingerprint density at radius 3 is 2.50 bits per heavy atom. The number of hydrogen-bond donors (Lipinski definition) is 0. The predicted molar refractivity (Wildman–Crippen MR) is 132 cm³/mol. The maximum Gasteiger partial charge on any atom is 0.274 e. The van der Waals surface area contributed by atoms with Crippen molar-refractivity contribution in [3.8, 4) is 5.75 Å². The molecule has 3 heterocycles. The van der Waals surface area contributed by atoms with Gasteiger partial charge in [0.05, 0.1) is 25.0 Å². The number of hydrogen-bond acceptors (Lipinski definition) is 6. The zero-order chi connectivity index (χ0) is 25.4. The van der Waals surface area contributed by atoms with Gasteiger partial charge in [0.15, 0.2) is 17.3 Å². The van der Waals surface area contributed by atoms with Crippen molar-refractivity contribution >= 4 is 17.5 Å². The van der Waals surface area contributed by atoms with E-state index in [1.165, 1.54) is 13.2 Å². The molecule has 2 saturated heterocycles. The van der Waals surface area contributed by atoms with Gasteiger partial charge in [-0.25, -0.2) is 4.39 Å². The van der Waals surface area contributed by atoms with Gasteiger partial charge in [-0.3, -0.25) is 14.3 Å². The molecule has 1 aromatic heterocycles. The molecular formula is C26H34FN5O4. The minimum Gasteiger partial charge on any atom is -0.492 e. The number of para-hydroxylation sites is 1. The third-order valence-corrected chi connectivity index (χ3v) is 7.32. The molecule has 0 spiro atoms. The summed E-state index contributed by atoms with van der Waals surface area (Å²) in [5.41, 5.74) is 3.18. The molecule has 1 aromatic carbocycles. The van der Waals surface area contributed by atoms with Crippen molar-refractivity contribution in [2.45, 2.75) is 51.9 Å². The first-order valence-electron chi connectivity index (χ1n) is 12.7. The lowest BCUT2D eigenvalue weighted by molar-refractivity contribution is -0.132. The molecule has 0 N–H and O–H groups in total. The number of carbonyl (C=O) groups is 2. The van der Waals surface area contributed by atoms with Crippen LogP contribution in [0.3, 0.4) is 0 Å². The maximum atomic E-state index is 14.1. The Morgan fingerprint density at radius 2 is 1.81 bits per heavy atom. The lowest BCUT2D eigenvalue weighted by atomic mass is 10.1. The molecule has 2 aromatic rings. The Hall–Kier alpha value is -3.14. The molecule has 1 aliphatic carbocycles. The maximum absolute atomic E-state index is 14.1. The van der Waals surface area contributed by atoms with E-state index in [9.17, 15) is 14.0 Å². The topological polar surface area (TPSA) is 80.1 Å². The quantitative estimate of drug-likeness (QED) is 0.627. The van der Waals surface area contributed by atoms with Crippen LogP contribution in [0.25, 0.3) is 0 Å². The summed E-state index contributed by atoms with van der Waals surface area (Å²) >= 11 is 0. The summed E-state index contributed by atoms with van der Waals surface area (Å²) in [6.45, 7) is 7.38. The van der Waals surface area contributed by atoms with E-state index in [1.54, 1.807) is 10.7 Å². The Bertz CT molecular complexity index is 1130. The van der Waals surface area contributed by atoms with Crippen molar-refractivity contribution in [1.29, 1.82) is 0 Å². The number of rotatable bonds is 5. The highest BCUT2D eigenvalue weighted by atomic mass is 19.1. The second kappa shape index (κ2) is 10.1. The van der Waals surface area contributed by atoms with Gasteiger partial charge in [-0.05, 0) is 45.2 Å². The van der Waals surface area contributed by atoms with Gasteiger partial charge in [0.1, 0.15) is 6.54 Å². The van der Waals surface area contributed by atoms with E-state index in [-0.39, 0.29) is 36.3 Å². The van der Waals surface area contributed by atoms with Gasteiger partial charge < -0.3 is 24.2 Å². The lowest BCUT2D eigenvalue weighted by Gasteiger charge is -2.36. The fraction of sp³-hybridized carbons (Fsp3) is 0.577. The van der Waals surface area contributed by atoms with Crippen LogP contribution >= 0.6 is 0 Å². The first kappa shape index (κ1) is 24.5. The van der Waals surface area contributed by atoms with Crippen molar-refractivity contribution in [3.05, 3.63) is 41.0 Å². The first-order chi connectivity index (χ1) is 17.4. The summed E-state index contributed by atoms with van der Waals surface area (Å²) in [6.07, 6.45) is 2.58. The van der Waals surface area contributed by atoms with E-state index in [1.807, 2.05) is 34.6 Å². The Balaban J connectivity index is 1.26. The normalized spacial score (nSPS) is 22.1. The van der Waals surface area contributed by atoms with E-state index >= 15 is 0 Å². The zero-order valence-electron chi connectivity index (χ0n) is 21.2. The number of halogens is 1. The standard InChI is InChI=1S/C26H34FN5O4/c1-17-14-31(15-18(2)36-17)26(34)24-19-6-4-8-21(19)32(28-24)16-23(33)30-12-10-29(11-13-30)22-9-5-7-20(27)25(22)35-3/h5,7,9,17-18H,4,6,8,10-16H2,1-3H3/t17-,18+. The van der Waals surface area contributed by atoms with Crippen molar-refractivity contribution in [2.24, 2.45) is 0 Å². The fourth-order valence-corrected chi connectivity index (χ4v) is 5.68. The van der Waals surface area contributed by atoms with Gasteiger partial charge in [0, 0.05) is 50.5 Å². The van der Waals surface area contributed by atoms with Crippen LogP contribution in [0, 0.1) is 5.82 Å². The molecule has 3 aliphatic rings. The highest BCUT2D eigenvalue weighted by Gasteiger charge is 2.33. The SMILES string of the molecule is COc1c(F)cccc1N1CCN(C(=O)Cn2nc(C(=O)N3C[C@@H](C)O[C@@H](C)C3)c3c2CCC3)CC1. The van der Waals surface area contributed by atoms with Crippen molar-refractivity contribution in [2.75, 3.05) is 51.3 Å². The average molecular weight is 500 g/mol. The molecular weight excluding hydrogens is 465 g/mol. The average Bonchev–Trinajstić information content (AvgIpc) is 3.47. The summed E-state index contributed by atoms with van der Waals surface area (Å²) in [5, 5.41) is 4.66. The van der Waals surface area contributed by atoms with Gasteiger partial charge in [-0.15, -0.1) is 0 Å². The molecule has 0 bridgehead atoms. The minimum absolute atomic E-state index is 0.0135. The number of methoxy groups -OCH3 is 1. The Kier molecular flexibility index (Phi) is 6.87. The van der Waals surface area contributed by atoms with E-state index in [0.29, 0.717) is 50.6 Å². The van der Waals surface area contributed by atoms with Crippen LogP contribution in [0.1, 0.15) is 42.0 Å². The third-order valence-electron chi connectivity index (χ3n) is 7.32. The van der Waals surface area contributed by atoms with Crippen molar-refractivity contribution in [1.82, 2.24) is 19.6 Å². The number of aromatic nitrogens is 2. The number of anilines is 1. The summed E-state index contributed by atoms with van der Waals surface area (Å²) in [7, 11) is 1.46. The summed E-state index contributed by atoms with van der Waals surface area (Å²) in [6, 6.07) is 4.88. The molecule has 2 fully saturated rings. The highest BCUT2D eigenvalue weighted by Crippen LogP contribution is 2.32.